The number of hydrogen-bond acceptors (Lipinski definition) is 5. The summed E-state index contributed by atoms with van der Waals surface area (Å²) in [5.41, 5.74) is 0.233. The first-order chi connectivity index (χ1) is 13.2. The molecule has 0 aliphatic heterocycles. The van der Waals surface area contributed by atoms with Crippen molar-refractivity contribution in [3.63, 3.8) is 0 Å². The van der Waals surface area contributed by atoms with Crippen molar-refractivity contribution in [2.75, 3.05) is 6.61 Å². The summed E-state index contributed by atoms with van der Waals surface area (Å²) >= 11 is 0. The molecule has 0 aromatic heterocycles. The van der Waals surface area contributed by atoms with Crippen LogP contribution in [0.1, 0.15) is 36.2 Å². The third-order valence-corrected chi connectivity index (χ3v) is 3.62. The van der Waals surface area contributed by atoms with E-state index in [-0.39, 0.29) is 17.9 Å². The zero-order chi connectivity index (χ0) is 20.7. The van der Waals surface area contributed by atoms with Crippen LogP contribution in [-0.2, 0) is 9.53 Å². The summed E-state index contributed by atoms with van der Waals surface area (Å²) in [6.45, 7) is 3.09. The Morgan fingerprint density at radius 3 is 2.36 bits per heavy atom. The topological polar surface area (TPSA) is 61.8 Å². The van der Waals surface area contributed by atoms with Crippen molar-refractivity contribution in [3.8, 4) is 11.5 Å². The number of esters is 1. The van der Waals surface area contributed by atoms with Crippen LogP contribution < -0.4 is 9.47 Å². The van der Waals surface area contributed by atoms with Crippen molar-refractivity contribution in [2.24, 2.45) is 0 Å². The summed E-state index contributed by atoms with van der Waals surface area (Å²) in [6.07, 6.45) is -4.98. The van der Waals surface area contributed by atoms with Gasteiger partial charge in [0.05, 0.1) is 18.3 Å². The Balaban J connectivity index is 2.27. The van der Waals surface area contributed by atoms with E-state index in [0.29, 0.717) is 12.0 Å². The highest BCUT2D eigenvalue weighted by Crippen LogP contribution is 2.31. The summed E-state index contributed by atoms with van der Waals surface area (Å²) in [6, 6.07) is 11.4. The molecule has 0 spiro atoms. The molecule has 2 aromatic carbocycles. The molecule has 0 aliphatic rings. The third kappa shape index (κ3) is 6.61. The smallest absolute Gasteiger partial charge is 0.490 e. The number of benzene rings is 2. The molecule has 5 nitrogen and oxygen atoms in total. The molecule has 2 aromatic rings. The lowest BCUT2D eigenvalue weighted by molar-refractivity contribution is -0.274. The van der Waals surface area contributed by atoms with Gasteiger partial charge >= 0.3 is 12.3 Å². The SMILES string of the molecule is CC(=O)OCCC(C)Oc1ccc(OC(F)(F)F)cc1C(=O)c1ccccc1. The maximum Gasteiger partial charge on any atom is 0.573 e. The number of hydrogen-bond donors (Lipinski definition) is 0. The zero-order valence-electron chi connectivity index (χ0n) is 15.3. The van der Waals surface area contributed by atoms with Gasteiger partial charge < -0.3 is 14.2 Å². The molecule has 0 aliphatic carbocycles. The average molecular weight is 396 g/mol. The van der Waals surface area contributed by atoms with Crippen LogP contribution in [0.2, 0.25) is 0 Å². The summed E-state index contributed by atoms with van der Waals surface area (Å²) in [5.74, 6) is -1.35. The molecule has 2 rings (SSSR count). The fourth-order valence-electron chi connectivity index (χ4n) is 2.38. The van der Waals surface area contributed by atoms with Gasteiger partial charge in [-0.3, -0.25) is 9.59 Å². The summed E-state index contributed by atoms with van der Waals surface area (Å²) in [4.78, 5) is 23.6. The Morgan fingerprint density at radius 1 is 1.07 bits per heavy atom. The maximum atomic E-state index is 12.8. The van der Waals surface area contributed by atoms with Crippen LogP contribution in [0.5, 0.6) is 11.5 Å². The number of rotatable bonds is 8. The predicted octanol–water partition coefficient (Wildman–Crippen LogP) is 4.54. The van der Waals surface area contributed by atoms with Crippen molar-refractivity contribution >= 4 is 11.8 Å². The molecule has 1 unspecified atom stereocenters. The first-order valence-electron chi connectivity index (χ1n) is 8.45. The molecule has 0 amide bonds. The van der Waals surface area contributed by atoms with Crippen molar-refractivity contribution in [1.82, 2.24) is 0 Å². The standard InChI is InChI=1S/C20H19F3O5/c1-13(10-11-26-14(2)24)27-18-9-8-16(28-20(21,22)23)12-17(18)19(25)15-6-4-3-5-7-15/h3-9,12-13H,10-11H2,1-2H3. The minimum atomic E-state index is -4.88. The van der Waals surface area contributed by atoms with Gasteiger partial charge in [0.1, 0.15) is 11.5 Å². The normalized spacial score (nSPS) is 12.2. The van der Waals surface area contributed by atoms with Gasteiger partial charge in [0.2, 0.25) is 0 Å². The van der Waals surface area contributed by atoms with Crippen LogP contribution in [0.25, 0.3) is 0 Å². The largest absolute Gasteiger partial charge is 0.573 e. The van der Waals surface area contributed by atoms with Gasteiger partial charge in [-0.2, -0.15) is 0 Å². The van der Waals surface area contributed by atoms with Gasteiger partial charge in [0.25, 0.3) is 0 Å². The Bertz CT molecular complexity index is 818. The van der Waals surface area contributed by atoms with Gasteiger partial charge in [0.15, 0.2) is 5.78 Å². The quantitative estimate of drug-likeness (QED) is 0.484. The van der Waals surface area contributed by atoms with E-state index in [4.69, 9.17) is 9.47 Å². The molecule has 0 bridgehead atoms. The second-order valence-corrected chi connectivity index (χ2v) is 5.96. The number of halogens is 3. The van der Waals surface area contributed by atoms with E-state index in [2.05, 4.69) is 4.74 Å². The van der Waals surface area contributed by atoms with Crippen LogP contribution in [0.3, 0.4) is 0 Å². The Morgan fingerprint density at radius 2 is 1.75 bits per heavy atom. The molecular formula is C20H19F3O5. The molecule has 0 heterocycles. The van der Waals surface area contributed by atoms with Crippen LogP contribution in [-0.4, -0.2) is 30.8 Å². The van der Waals surface area contributed by atoms with Gasteiger partial charge in [0, 0.05) is 18.9 Å². The molecule has 0 radical (unpaired) electrons. The van der Waals surface area contributed by atoms with Crippen molar-refractivity contribution in [1.29, 1.82) is 0 Å². The van der Waals surface area contributed by atoms with Crippen molar-refractivity contribution < 1.29 is 37.0 Å². The van der Waals surface area contributed by atoms with Gasteiger partial charge in [-0.15, -0.1) is 13.2 Å². The first-order valence-corrected chi connectivity index (χ1v) is 8.45. The van der Waals surface area contributed by atoms with Crippen LogP contribution in [0.4, 0.5) is 13.2 Å². The van der Waals surface area contributed by atoms with E-state index < -0.39 is 30.0 Å². The molecule has 0 saturated heterocycles. The lowest BCUT2D eigenvalue weighted by Gasteiger charge is -2.18. The van der Waals surface area contributed by atoms with Crippen molar-refractivity contribution in [3.05, 3.63) is 59.7 Å². The zero-order valence-corrected chi connectivity index (χ0v) is 15.3. The minimum absolute atomic E-state index is 0.0627. The highest BCUT2D eigenvalue weighted by atomic mass is 19.4. The number of ether oxygens (including phenoxy) is 3. The molecule has 0 saturated carbocycles. The number of carbonyl (C=O) groups is 2. The van der Waals surface area contributed by atoms with E-state index >= 15 is 0 Å². The van der Waals surface area contributed by atoms with Crippen LogP contribution >= 0.6 is 0 Å². The highest BCUT2D eigenvalue weighted by molar-refractivity contribution is 6.10. The molecule has 0 fully saturated rings. The van der Waals surface area contributed by atoms with E-state index in [1.807, 2.05) is 0 Å². The molecular weight excluding hydrogens is 377 g/mol. The van der Waals surface area contributed by atoms with Crippen LogP contribution in [0.15, 0.2) is 48.5 Å². The predicted molar refractivity (Wildman–Crippen MR) is 94.3 cm³/mol. The number of alkyl halides is 3. The summed E-state index contributed by atoms with van der Waals surface area (Å²) in [7, 11) is 0. The monoisotopic (exact) mass is 396 g/mol. The number of carbonyl (C=O) groups excluding carboxylic acids is 2. The average Bonchev–Trinajstić information content (AvgIpc) is 2.61. The van der Waals surface area contributed by atoms with E-state index in [1.165, 1.54) is 13.0 Å². The summed E-state index contributed by atoms with van der Waals surface area (Å²) < 4.78 is 52.1. The van der Waals surface area contributed by atoms with Gasteiger partial charge in [-0.25, -0.2) is 0 Å². The lowest BCUT2D eigenvalue weighted by Crippen LogP contribution is -2.19. The Hall–Kier alpha value is -3.03. The highest BCUT2D eigenvalue weighted by Gasteiger charge is 2.32. The molecule has 150 valence electrons. The fourth-order valence-corrected chi connectivity index (χ4v) is 2.38. The molecule has 0 N–H and O–H groups in total. The second-order valence-electron chi connectivity index (χ2n) is 5.96. The number of ketones is 1. The first kappa shape index (κ1) is 21.3. The van der Waals surface area contributed by atoms with E-state index in [0.717, 1.165) is 12.1 Å². The summed E-state index contributed by atoms with van der Waals surface area (Å²) in [5, 5.41) is 0. The Kier molecular flexibility index (Phi) is 7.03. The van der Waals surface area contributed by atoms with Crippen LogP contribution in [0, 0.1) is 0 Å². The van der Waals surface area contributed by atoms with Crippen molar-refractivity contribution in [2.45, 2.75) is 32.7 Å². The van der Waals surface area contributed by atoms with Gasteiger partial charge in [-0.05, 0) is 25.1 Å². The maximum absolute atomic E-state index is 12.8. The van der Waals surface area contributed by atoms with E-state index in [9.17, 15) is 22.8 Å². The Labute approximate surface area is 160 Å². The molecule has 1 atom stereocenters. The third-order valence-electron chi connectivity index (χ3n) is 3.62. The fraction of sp³-hybridized carbons (Fsp3) is 0.300. The lowest BCUT2D eigenvalue weighted by atomic mass is 10.0. The van der Waals surface area contributed by atoms with Gasteiger partial charge in [-0.1, -0.05) is 30.3 Å². The molecule has 28 heavy (non-hydrogen) atoms. The molecule has 8 heteroatoms. The van der Waals surface area contributed by atoms with E-state index in [1.54, 1.807) is 37.3 Å². The minimum Gasteiger partial charge on any atom is -0.490 e. The second kappa shape index (κ2) is 9.25.